The van der Waals surface area contributed by atoms with Gasteiger partial charge in [-0.25, -0.2) is 4.68 Å². The summed E-state index contributed by atoms with van der Waals surface area (Å²) < 4.78 is 3.47. The average molecular weight is 371 g/mol. The van der Waals surface area contributed by atoms with Gasteiger partial charge in [0, 0.05) is 42.5 Å². The zero-order valence-corrected chi connectivity index (χ0v) is 16.4. The summed E-state index contributed by atoms with van der Waals surface area (Å²) in [5.41, 5.74) is 2.28. The van der Waals surface area contributed by atoms with Crippen molar-refractivity contribution in [3.8, 4) is 0 Å². The van der Waals surface area contributed by atoms with Crippen LogP contribution in [-0.2, 0) is 19.6 Å². The molecule has 2 saturated heterocycles. The molecule has 0 saturated carbocycles. The molecular formula is C20H29N5O2. The molecule has 7 heteroatoms. The second-order valence-electron chi connectivity index (χ2n) is 8.23. The van der Waals surface area contributed by atoms with Gasteiger partial charge in [0.15, 0.2) is 0 Å². The number of hydrogen-bond acceptors (Lipinski definition) is 5. The molecule has 1 N–H and O–H groups in total. The van der Waals surface area contributed by atoms with E-state index in [1.807, 2.05) is 17.8 Å². The van der Waals surface area contributed by atoms with Gasteiger partial charge in [-0.15, -0.1) is 0 Å². The molecule has 0 spiro atoms. The molecule has 0 amide bonds. The third-order valence-electron chi connectivity index (χ3n) is 6.30. The summed E-state index contributed by atoms with van der Waals surface area (Å²) in [5.74, 6) is 0. The summed E-state index contributed by atoms with van der Waals surface area (Å²) in [5, 5.41) is 20.0. The number of rotatable bonds is 5. The van der Waals surface area contributed by atoms with Crippen molar-refractivity contribution in [1.29, 1.82) is 0 Å². The Morgan fingerprint density at radius 3 is 2.52 bits per heavy atom. The highest BCUT2D eigenvalue weighted by Crippen LogP contribution is 2.42. The first-order valence-corrected chi connectivity index (χ1v) is 9.93. The molecule has 2 aliphatic rings. The molecule has 2 fully saturated rings. The molecule has 0 aromatic carbocycles. The quantitative estimate of drug-likeness (QED) is 0.865. The maximum Gasteiger partial charge on any atom is 0.266 e. The second kappa shape index (κ2) is 6.87. The minimum absolute atomic E-state index is 0.147. The maximum absolute atomic E-state index is 12.1. The first-order chi connectivity index (χ1) is 12.9. The zero-order valence-electron chi connectivity index (χ0n) is 16.4. The van der Waals surface area contributed by atoms with Crippen LogP contribution in [0.15, 0.2) is 23.1 Å². The van der Waals surface area contributed by atoms with E-state index in [9.17, 15) is 9.90 Å². The molecule has 2 aromatic rings. The van der Waals surface area contributed by atoms with E-state index in [-0.39, 0.29) is 12.1 Å². The smallest absolute Gasteiger partial charge is 0.266 e. The Hall–Kier alpha value is -1.99. The van der Waals surface area contributed by atoms with E-state index in [4.69, 9.17) is 0 Å². The lowest BCUT2D eigenvalue weighted by Gasteiger charge is -2.43. The maximum atomic E-state index is 12.1. The normalized spacial score (nSPS) is 28.0. The van der Waals surface area contributed by atoms with Crippen LogP contribution in [0.1, 0.15) is 49.6 Å². The average Bonchev–Trinajstić information content (AvgIpc) is 3.09. The lowest BCUT2D eigenvalue weighted by atomic mass is 9.85. The number of hydrogen-bond donors (Lipinski definition) is 1. The third kappa shape index (κ3) is 3.46. The van der Waals surface area contributed by atoms with Crippen molar-refractivity contribution in [2.75, 3.05) is 0 Å². The summed E-state index contributed by atoms with van der Waals surface area (Å²) in [6, 6.07) is 3.94. The number of piperidine rings is 1. The zero-order chi connectivity index (χ0) is 19.2. The largest absolute Gasteiger partial charge is 0.388 e. The Kier molecular flexibility index (Phi) is 4.68. The van der Waals surface area contributed by atoms with E-state index in [2.05, 4.69) is 28.9 Å². The highest BCUT2D eigenvalue weighted by molar-refractivity contribution is 5.17. The van der Waals surface area contributed by atoms with Gasteiger partial charge in [-0.2, -0.15) is 10.2 Å². The fraction of sp³-hybridized carbons (Fsp3) is 0.650. The lowest BCUT2D eigenvalue weighted by Crippen LogP contribution is -2.53. The van der Waals surface area contributed by atoms with Gasteiger partial charge in [0.1, 0.15) is 0 Å². The molecule has 2 atom stereocenters. The summed E-state index contributed by atoms with van der Waals surface area (Å²) in [7, 11) is 0. The molecule has 2 aromatic heterocycles. The van der Waals surface area contributed by atoms with Crippen LogP contribution in [0.4, 0.5) is 0 Å². The van der Waals surface area contributed by atoms with Gasteiger partial charge in [-0.05, 0) is 52.5 Å². The highest BCUT2D eigenvalue weighted by Gasteiger charge is 2.47. The SMILES string of the molecule is CCn1ncc(CN2C3CCC2CC(O)(Cn2nc(C)ccc2=O)C3)c1C. The van der Waals surface area contributed by atoms with Crippen LogP contribution in [0.2, 0.25) is 0 Å². The van der Waals surface area contributed by atoms with Crippen molar-refractivity contribution >= 4 is 0 Å². The Bertz CT molecular complexity index is 873. The fourth-order valence-corrected chi connectivity index (χ4v) is 4.90. The Morgan fingerprint density at radius 1 is 1.19 bits per heavy atom. The van der Waals surface area contributed by atoms with Gasteiger partial charge in [-0.1, -0.05) is 0 Å². The number of nitrogens with zero attached hydrogens (tertiary/aromatic N) is 5. The van der Waals surface area contributed by atoms with Crippen LogP contribution in [0, 0.1) is 13.8 Å². The van der Waals surface area contributed by atoms with Gasteiger partial charge < -0.3 is 5.11 Å². The minimum Gasteiger partial charge on any atom is -0.388 e. The van der Waals surface area contributed by atoms with Crippen molar-refractivity contribution in [3.63, 3.8) is 0 Å². The van der Waals surface area contributed by atoms with Crippen molar-refractivity contribution in [2.45, 2.75) is 83.8 Å². The molecule has 4 heterocycles. The van der Waals surface area contributed by atoms with Crippen molar-refractivity contribution in [2.24, 2.45) is 0 Å². The highest BCUT2D eigenvalue weighted by atomic mass is 16.3. The summed E-state index contributed by atoms with van der Waals surface area (Å²) >= 11 is 0. The fourth-order valence-electron chi connectivity index (χ4n) is 4.90. The van der Waals surface area contributed by atoms with E-state index < -0.39 is 5.60 Å². The summed E-state index contributed by atoms with van der Waals surface area (Å²) in [4.78, 5) is 14.6. The number of fused-ring (bicyclic) bond motifs is 2. The van der Waals surface area contributed by atoms with Crippen LogP contribution in [0.25, 0.3) is 0 Å². The number of aromatic nitrogens is 4. The predicted octanol–water partition coefficient (Wildman–Crippen LogP) is 1.63. The molecule has 0 radical (unpaired) electrons. The van der Waals surface area contributed by atoms with Crippen LogP contribution < -0.4 is 5.56 Å². The third-order valence-corrected chi connectivity index (χ3v) is 6.30. The van der Waals surface area contributed by atoms with E-state index in [0.29, 0.717) is 24.9 Å². The van der Waals surface area contributed by atoms with Crippen LogP contribution >= 0.6 is 0 Å². The summed E-state index contributed by atoms with van der Waals surface area (Å²) in [6.45, 7) is 8.16. The molecule has 2 bridgehead atoms. The minimum atomic E-state index is -0.865. The lowest BCUT2D eigenvalue weighted by molar-refractivity contribution is -0.0678. The Labute approximate surface area is 159 Å². The molecule has 27 heavy (non-hydrogen) atoms. The van der Waals surface area contributed by atoms with Crippen LogP contribution in [0.5, 0.6) is 0 Å². The van der Waals surface area contributed by atoms with Gasteiger partial charge >= 0.3 is 0 Å². The van der Waals surface area contributed by atoms with Gasteiger partial charge in [0.05, 0.1) is 24.0 Å². The Morgan fingerprint density at radius 2 is 1.89 bits per heavy atom. The topological polar surface area (TPSA) is 76.2 Å². The van der Waals surface area contributed by atoms with Crippen molar-refractivity contribution < 1.29 is 5.11 Å². The van der Waals surface area contributed by atoms with Crippen LogP contribution in [-0.4, -0.2) is 47.3 Å². The van der Waals surface area contributed by atoms with Gasteiger partial charge in [-0.3, -0.25) is 14.4 Å². The first-order valence-electron chi connectivity index (χ1n) is 9.93. The Balaban J connectivity index is 1.50. The van der Waals surface area contributed by atoms with E-state index in [0.717, 1.165) is 31.6 Å². The van der Waals surface area contributed by atoms with E-state index >= 15 is 0 Å². The number of aryl methyl sites for hydroxylation is 2. The van der Waals surface area contributed by atoms with E-state index in [1.165, 1.54) is 22.0 Å². The predicted molar refractivity (Wildman–Crippen MR) is 102 cm³/mol. The molecule has 146 valence electrons. The molecule has 7 nitrogen and oxygen atoms in total. The second-order valence-corrected chi connectivity index (χ2v) is 8.23. The standard InChI is InChI=1S/C20H29N5O2/c1-4-24-15(3)16(11-21-24)12-23-17-6-7-18(23)10-20(27,9-17)13-25-19(26)8-5-14(2)22-25/h5,8,11,17-18,27H,4,6-7,9-10,12-13H2,1-3H3. The molecule has 4 rings (SSSR count). The van der Waals surface area contributed by atoms with Gasteiger partial charge in [0.2, 0.25) is 0 Å². The number of aliphatic hydroxyl groups is 1. The van der Waals surface area contributed by atoms with Crippen LogP contribution in [0.3, 0.4) is 0 Å². The first kappa shape index (κ1) is 18.4. The van der Waals surface area contributed by atoms with Crippen molar-refractivity contribution in [3.05, 3.63) is 45.6 Å². The van der Waals surface area contributed by atoms with Crippen molar-refractivity contribution in [1.82, 2.24) is 24.5 Å². The molecular weight excluding hydrogens is 342 g/mol. The van der Waals surface area contributed by atoms with E-state index in [1.54, 1.807) is 6.07 Å². The molecule has 0 aliphatic carbocycles. The molecule has 2 aliphatic heterocycles. The summed E-state index contributed by atoms with van der Waals surface area (Å²) in [6.07, 6.45) is 5.56. The molecule has 2 unspecified atom stereocenters. The monoisotopic (exact) mass is 371 g/mol. The van der Waals surface area contributed by atoms with Gasteiger partial charge in [0.25, 0.3) is 5.56 Å².